The van der Waals surface area contributed by atoms with Crippen molar-refractivity contribution < 1.29 is 13.2 Å². The Morgan fingerprint density at radius 3 is 2.70 bits per heavy atom. The lowest BCUT2D eigenvalue weighted by molar-refractivity contribution is 0.390. The van der Waals surface area contributed by atoms with Crippen molar-refractivity contribution in [2.24, 2.45) is 0 Å². The van der Waals surface area contributed by atoms with E-state index in [0.29, 0.717) is 22.8 Å². The molecule has 0 amide bonds. The maximum Gasteiger partial charge on any atom is 0.243 e. The van der Waals surface area contributed by atoms with E-state index < -0.39 is 10.0 Å². The highest BCUT2D eigenvalue weighted by Gasteiger charge is 2.37. The number of aromatic amines is 1. The molecule has 6 heteroatoms. The third-order valence-electron chi connectivity index (χ3n) is 4.46. The summed E-state index contributed by atoms with van der Waals surface area (Å²) in [7, 11) is -1.94. The number of ether oxygens (including phenoxy) is 1. The fourth-order valence-electron chi connectivity index (χ4n) is 3.28. The van der Waals surface area contributed by atoms with E-state index in [1.165, 1.54) is 0 Å². The maximum atomic E-state index is 13.2. The van der Waals surface area contributed by atoms with Crippen LogP contribution in [0, 0.1) is 13.8 Å². The van der Waals surface area contributed by atoms with E-state index in [2.05, 4.69) is 4.98 Å². The zero-order chi connectivity index (χ0) is 16.6. The number of methoxy groups -OCH3 is 1. The third-order valence-corrected chi connectivity index (χ3v) is 6.51. The number of nitrogens with zero attached hydrogens (tertiary/aromatic N) is 1. The minimum absolute atomic E-state index is 0.114. The lowest BCUT2D eigenvalue weighted by atomic mass is 10.1. The number of hydrogen-bond donors (Lipinski definition) is 1. The van der Waals surface area contributed by atoms with E-state index in [-0.39, 0.29) is 6.04 Å². The number of H-pyrrole nitrogens is 1. The first kappa shape index (κ1) is 16.1. The largest absolute Gasteiger partial charge is 0.496 e. The summed E-state index contributed by atoms with van der Waals surface area (Å²) in [5.41, 5.74) is 2.49. The van der Waals surface area contributed by atoms with Crippen LogP contribution in [0.1, 0.15) is 35.7 Å². The average Bonchev–Trinajstić information content (AvgIpc) is 3.19. The molecule has 2 aromatic rings. The maximum absolute atomic E-state index is 13.2. The number of nitrogens with one attached hydrogen (secondary N) is 1. The molecule has 1 aliphatic heterocycles. The van der Waals surface area contributed by atoms with Gasteiger partial charge in [0.1, 0.15) is 5.75 Å². The highest BCUT2D eigenvalue weighted by atomic mass is 32.2. The number of rotatable bonds is 4. The van der Waals surface area contributed by atoms with Crippen molar-refractivity contribution in [3.05, 3.63) is 47.3 Å². The van der Waals surface area contributed by atoms with Crippen molar-refractivity contribution in [2.45, 2.75) is 37.6 Å². The first-order valence-electron chi connectivity index (χ1n) is 7.75. The molecule has 0 spiro atoms. The summed E-state index contributed by atoms with van der Waals surface area (Å²) < 4.78 is 33.3. The summed E-state index contributed by atoms with van der Waals surface area (Å²) in [6.07, 6.45) is 3.55. The van der Waals surface area contributed by atoms with Gasteiger partial charge in [-0.25, -0.2) is 8.42 Å². The zero-order valence-electron chi connectivity index (χ0n) is 13.7. The fraction of sp³-hybridized carbons (Fsp3) is 0.412. The fourth-order valence-corrected chi connectivity index (χ4v) is 5.25. The van der Waals surface area contributed by atoms with Crippen LogP contribution in [0.3, 0.4) is 0 Å². The second-order valence-electron chi connectivity index (χ2n) is 5.99. The van der Waals surface area contributed by atoms with Crippen molar-refractivity contribution in [1.29, 1.82) is 0 Å². The Labute approximate surface area is 137 Å². The van der Waals surface area contributed by atoms with Gasteiger partial charge in [0, 0.05) is 18.4 Å². The smallest absolute Gasteiger partial charge is 0.243 e. The Morgan fingerprint density at radius 1 is 1.26 bits per heavy atom. The van der Waals surface area contributed by atoms with Crippen LogP contribution in [0.2, 0.25) is 0 Å². The van der Waals surface area contributed by atoms with Gasteiger partial charge in [-0.15, -0.1) is 0 Å². The lowest BCUT2D eigenvalue weighted by Gasteiger charge is -2.24. The number of aromatic nitrogens is 1. The van der Waals surface area contributed by atoms with Gasteiger partial charge in [0.05, 0.1) is 18.0 Å². The average molecular weight is 334 g/mol. The molecule has 23 heavy (non-hydrogen) atoms. The highest BCUT2D eigenvalue weighted by molar-refractivity contribution is 7.89. The third kappa shape index (κ3) is 2.77. The summed E-state index contributed by atoms with van der Waals surface area (Å²) in [6.45, 7) is 4.23. The summed E-state index contributed by atoms with van der Waals surface area (Å²) in [4.78, 5) is 3.52. The lowest BCUT2D eigenvalue weighted by Crippen LogP contribution is -2.31. The van der Waals surface area contributed by atoms with E-state index >= 15 is 0 Å². The monoisotopic (exact) mass is 334 g/mol. The van der Waals surface area contributed by atoms with Gasteiger partial charge in [0.25, 0.3) is 0 Å². The molecule has 0 radical (unpaired) electrons. The summed E-state index contributed by atoms with van der Waals surface area (Å²) in [6, 6.07) is 7.25. The second-order valence-corrected chi connectivity index (χ2v) is 7.85. The van der Waals surface area contributed by atoms with Crippen LogP contribution in [0.4, 0.5) is 0 Å². The van der Waals surface area contributed by atoms with Crippen LogP contribution in [-0.4, -0.2) is 31.4 Å². The van der Waals surface area contributed by atoms with Gasteiger partial charge in [-0.05, 0) is 62.1 Å². The van der Waals surface area contributed by atoms with Crippen LogP contribution in [0.25, 0.3) is 0 Å². The van der Waals surface area contributed by atoms with E-state index in [0.717, 1.165) is 24.1 Å². The van der Waals surface area contributed by atoms with Gasteiger partial charge >= 0.3 is 0 Å². The summed E-state index contributed by atoms with van der Waals surface area (Å²) in [5, 5.41) is 0. The standard InChI is InChI=1S/C17H22N2O3S/c1-12-11-17(13(2)10-16(12)22-3)23(20,21)19-9-5-7-15(19)14-6-4-8-18-14/h4,6,8,10-11,15,18H,5,7,9H2,1-3H3. The Bertz CT molecular complexity index is 797. The van der Waals surface area contributed by atoms with Gasteiger partial charge in [0.2, 0.25) is 10.0 Å². The first-order chi connectivity index (χ1) is 10.9. The molecule has 1 saturated heterocycles. The summed E-state index contributed by atoms with van der Waals surface area (Å²) >= 11 is 0. The quantitative estimate of drug-likeness (QED) is 0.934. The van der Waals surface area contributed by atoms with Gasteiger partial charge < -0.3 is 9.72 Å². The van der Waals surface area contributed by atoms with Crippen molar-refractivity contribution in [1.82, 2.24) is 9.29 Å². The Kier molecular flexibility index (Phi) is 4.21. The SMILES string of the molecule is COc1cc(C)c(S(=O)(=O)N2CCCC2c2ccc[nH]2)cc1C. The molecule has 3 rings (SSSR count). The normalized spacial score (nSPS) is 19.2. The van der Waals surface area contributed by atoms with Crippen molar-refractivity contribution in [2.75, 3.05) is 13.7 Å². The number of hydrogen-bond acceptors (Lipinski definition) is 3. The van der Waals surface area contributed by atoms with Gasteiger partial charge in [0.15, 0.2) is 0 Å². The van der Waals surface area contributed by atoms with Crippen LogP contribution >= 0.6 is 0 Å². The zero-order valence-corrected chi connectivity index (χ0v) is 14.5. The number of aryl methyl sites for hydroxylation is 2. The molecule has 124 valence electrons. The van der Waals surface area contributed by atoms with Crippen molar-refractivity contribution in [3.63, 3.8) is 0 Å². The molecule has 0 aliphatic carbocycles. The minimum Gasteiger partial charge on any atom is -0.496 e. The number of benzene rings is 1. The predicted molar refractivity (Wildman–Crippen MR) is 89.1 cm³/mol. The van der Waals surface area contributed by atoms with Crippen LogP contribution < -0.4 is 4.74 Å². The minimum atomic E-state index is -3.53. The molecule has 1 N–H and O–H groups in total. The predicted octanol–water partition coefficient (Wildman–Crippen LogP) is 3.17. The molecule has 1 aromatic carbocycles. The molecular weight excluding hydrogens is 312 g/mol. The van der Waals surface area contributed by atoms with Gasteiger partial charge in [-0.1, -0.05) is 0 Å². The Balaban J connectivity index is 2.03. The molecule has 1 unspecified atom stereocenters. The van der Waals surface area contributed by atoms with Crippen LogP contribution in [0.15, 0.2) is 35.4 Å². The molecule has 0 bridgehead atoms. The molecule has 5 nitrogen and oxygen atoms in total. The van der Waals surface area contributed by atoms with Crippen LogP contribution in [0.5, 0.6) is 5.75 Å². The molecule has 1 aliphatic rings. The topological polar surface area (TPSA) is 62.4 Å². The summed E-state index contributed by atoms with van der Waals surface area (Å²) in [5.74, 6) is 0.712. The van der Waals surface area contributed by atoms with E-state index in [1.54, 1.807) is 23.5 Å². The second kappa shape index (κ2) is 6.02. The van der Waals surface area contributed by atoms with E-state index in [1.807, 2.05) is 32.2 Å². The van der Waals surface area contributed by atoms with Gasteiger partial charge in [-0.3, -0.25) is 0 Å². The van der Waals surface area contributed by atoms with E-state index in [9.17, 15) is 8.42 Å². The first-order valence-corrected chi connectivity index (χ1v) is 9.19. The van der Waals surface area contributed by atoms with Crippen LogP contribution in [-0.2, 0) is 10.0 Å². The Morgan fingerprint density at radius 2 is 2.04 bits per heavy atom. The molecule has 0 saturated carbocycles. The molecule has 1 aromatic heterocycles. The molecule has 2 heterocycles. The van der Waals surface area contributed by atoms with E-state index in [4.69, 9.17) is 4.74 Å². The van der Waals surface area contributed by atoms with Crippen molar-refractivity contribution >= 4 is 10.0 Å². The highest BCUT2D eigenvalue weighted by Crippen LogP contribution is 2.37. The molecular formula is C17H22N2O3S. The van der Waals surface area contributed by atoms with Crippen molar-refractivity contribution in [3.8, 4) is 5.75 Å². The Hall–Kier alpha value is -1.79. The number of sulfonamides is 1. The molecule has 1 atom stereocenters. The molecule has 1 fully saturated rings. The van der Waals surface area contributed by atoms with Gasteiger partial charge in [-0.2, -0.15) is 4.31 Å².